The van der Waals surface area contributed by atoms with Crippen molar-refractivity contribution in [1.82, 2.24) is 5.32 Å². The number of amides is 2. The van der Waals surface area contributed by atoms with Crippen molar-refractivity contribution < 1.29 is 22.8 Å². The van der Waals surface area contributed by atoms with Gasteiger partial charge in [0.2, 0.25) is 11.8 Å². The Morgan fingerprint density at radius 3 is 2.17 bits per heavy atom. The zero-order chi connectivity index (χ0) is 16.8. The third kappa shape index (κ3) is 5.14. The molecule has 0 unspecified atom stereocenters. The molecule has 0 spiro atoms. The standard InChI is InChI=1S/C16H13F3N2O2/c17-11-3-1-10(2-4-11)9-20-15(22)8-16(23)21-14-6-5-12(18)7-13(14)19/h1-7H,8-9H2,(H,20,22)(H,21,23). The number of hydrogen-bond acceptors (Lipinski definition) is 2. The molecule has 2 rings (SSSR count). The second-order valence-corrected chi connectivity index (χ2v) is 4.75. The van der Waals surface area contributed by atoms with Crippen molar-refractivity contribution in [3.05, 3.63) is 65.5 Å². The van der Waals surface area contributed by atoms with Crippen LogP contribution in [-0.4, -0.2) is 11.8 Å². The molecule has 0 aliphatic rings. The number of carbonyl (C=O) groups excluding carboxylic acids is 2. The highest BCUT2D eigenvalue weighted by atomic mass is 19.1. The molecule has 0 radical (unpaired) electrons. The molecule has 0 saturated heterocycles. The van der Waals surface area contributed by atoms with Gasteiger partial charge in [0.25, 0.3) is 0 Å². The Hall–Kier alpha value is -2.83. The summed E-state index contributed by atoms with van der Waals surface area (Å²) in [6, 6.07) is 8.21. The van der Waals surface area contributed by atoms with Gasteiger partial charge in [0, 0.05) is 12.6 Å². The molecular weight excluding hydrogens is 309 g/mol. The summed E-state index contributed by atoms with van der Waals surface area (Å²) in [4.78, 5) is 23.3. The molecule has 0 aliphatic carbocycles. The van der Waals surface area contributed by atoms with Gasteiger partial charge in [-0.2, -0.15) is 0 Å². The normalized spacial score (nSPS) is 10.2. The van der Waals surface area contributed by atoms with Crippen LogP contribution >= 0.6 is 0 Å². The molecule has 2 aromatic rings. The van der Waals surface area contributed by atoms with Crippen LogP contribution < -0.4 is 10.6 Å². The van der Waals surface area contributed by atoms with Crippen molar-refractivity contribution in [1.29, 1.82) is 0 Å². The Labute approximate surface area is 130 Å². The van der Waals surface area contributed by atoms with Crippen molar-refractivity contribution in [2.45, 2.75) is 13.0 Å². The fourth-order valence-corrected chi connectivity index (χ4v) is 1.80. The van der Waals surface area contributed by atoms with Crippen molar-refractivity contribution in [3.8, 4) is 0 Å². The first-order chi connectivity index (χ1) is 10.9. The molecule has 4 nitrogen and oxygen atoms in total. The molecule has 0 bridgehead atoms. The van der Waals surface area contributed by atoms with E-state index >= 15 is 0 Å². The highest BCUT2D eigenvalue weighted by Gasteiger charge is 2.12. The molecular formula is C16H13F3N2O2. The van der Waals surface area contributed by atoms with E-state index in [1.165, 1.54) is 24.3 Å². The van der Waals surface area contributed by atoms with Crippen LogP contribution in [0.2, 0.25) is 0 Å². The highest BCUT2D eigenvalue weighted by molar-refractivity contribution is 6.03. The molecule has 0 saturated carbocycles. The van der Waals surface area contributed by atoms with E-state index in [1.54, 1.807) is 0 Å². The molecule has 7 heteroatoms. The maximum absolute atomic E-state index is 13.4. The number of hydrogen-bond donors (Lipinski definition) is 2. The first-order valence-electron chi connectivity index (χ1n) is 6.70. The highest BCUT2D eigenvalue weighted by Crippen LogP contribution is 2.15. The Bertz CT molecular complexity index is 718. The second-order valence-electron chi connectivity index (χ2n) is 4.75. The Morgan fingerprint density at radius 1 is 0.870 bits per heavy atom. The number of anilines is 1. The van der Waals surface area contributed by atoms with Crippen LogP contribution in [0.4, 0.5) is 18.9 Å². The Balaban J connectivity index is 1.82. The van der Waals surface area contributed by atoms with Gasteiger partial charge in [-0.1, -0.05) is 12.1 Å². The molecule has 0 fully saturated rings. The lowest BCUT2D eigenvalue weighted by Crippen LogP contribution is -2.27. The van der Waals surface area contributed by atoms with Crippen molar-refractivity contribution in [2.24, 2.45) is 0 Å². The first-order valence-corrected chi connectivity index (χ1v) is 6.70. The van der Waals surface area contributed by atoms with E-state index in [0.29, 0.717) is 11.6 Å². The van der Waals surface area contributed by atoms with Gasteiger partial charge in [0.05, 0.1) is 5.69 Å². The van der Waals surface area contributed by atoms with Gasteiger partial charge in [-0.25, -0.2) is 13.2 Å². The maximum Gasteiger partial charge on any atom is 0.233 e. The summed E-state index contributed by atoms with van der Waals surface area (Å²) in [6.45, 7) is 0.136. The first kappa shape index (κ1) is 16.5. The fraction of sp³-hybridized carbons (Fsp3) is 0.125. The van der Waals surface area contributed by atoms with Crippen LogP contribution in [0.5, 0.6) is 0 Å². The second kappa shape index (κ2) is 7.44. The van der Waals surface area contributed by atoms with E-state index in [9.17, 15) is 22.8 Å². The Kier molecular flexibility index (Phi) is 5.35. The lowest BCUT2D eigenvalue weighted by atomic mass is 10.2. The van der Waals surface area contributed by atoms with Gasteiger partial charge < -0.3 is 10.6 Å². The number of rotatable bonds is 5. The predicted molar refractivity (Wildman–Crippen MR) is 77.9 cm³/mol. The zero-order valence-electron chi connectivity index (χ0n) is 11.9. The fourth-order valence-electron chi connectivity index (χ4n) is 1.80. The average Bonchev–Trinajstić information content (AvgIpc) is 2.49. The summed E-state index contributed by atoms with van der Waals surface area (Å²) in [5.41, 5.74) is 0.465. The topological polar surface area (TPSA) is 58.2 Å². The molecule has 0 aromatic heterocycles. The number of nitrogens with one attached hydrogen (secondary N) is 2. The zero-order valence-corrected chi connectivity index (χ0v) is 11.9. The molecule has 2 aromatic carbocycles. The SMILES string of the molecule is O=C(CC(=O)Nc1ccc(F)cc1F)NCc1ccc(F)cc1. The molecule has 120 valence electrons. The van der Waals surface area contributed by atoms with E-state index in [-0.39, 0.29) is 18.0 Å². The smallest absolute Gasteiger partial charge is 0.233 e. The van der Waals surface area contributed by atoms with Crippen molar-refractivity contribution in [2.75, 3.05) is 5.32 Å². The minimum Gasteiger partial charge on any atom is -0.352 e. The summed E-state index contributed by atoms with van der Waals surface area (Å²) >= 11 is 0. The molecule has 0 atom stereocenters. The minimum absolute atomic E-state index is 0.136. The van der Waals surface area contributed by atoms with Gasteiger partial charge in [0.1, 0.15) is 23.9 Å². The number of halogens is 3. The van der Waals surface area contributed by atoms with Gasteiger partial charge in [0.15, 0.2) is 0 Å². The van der Waals surface area contributed by atoms with Crippen LogP contribution in [0, 0.1) is 17.5 Å². The lowest BCUT2D eigenvalue weighted by Gasteiger charge is -2.07. The van der Waals surface area contributed by atoms with Gasteiger partial charge >= 0.3 is 0 Å². The van der Waals surface area contributed by atoms with E-state index in [4.69, 9.17) is 0 Å². The van der Waals surface area contributed by atoms with Crippen LogP contribution in [0.15, 0.2) is 42.5 Å². The van der Waals surface area contributed by atoms with Crippen molar-refractivity contribution >= 4 is 17.5 Å². The molecule has 0 heterocycles. The lowest BCUT2D eigenvalue weighted by molar-refractivity contribution is -0.126. The number of carbonyl (C=O) groups is 2. The van der Waals surface area contributed by atoms with Crippen LogP contribution in [0.3, 0.4) is 0 Å². The average molecular weight is 322 g/mol. The monoisotopic (exact) mass is 322 g/mol. The third-order valence-corrected chi connectivity index (χ3v) is 2.93. The van der Waals surface area contributed by atoms with Crippen LogP contribution in [-0.2, 0) is 16.1 Å². The van der Waals surface area contributed by atoms with Gasteiger partial charge in [-0.05, 0) is 29.8 Å². The summed E-state index contributed by atoms with van der Waals surface area (Å²) in [5.74, 6) is -3.38. The van der Waals surface area contributed by atoms with E-state index in [2.05, 4.69) is 10.6 Å². The summed E-state index contributed by atoms with van der Waals surface area (Å²) < 4.78 is 38.8. The van der Waals surface area contributed by atoms with E-state index in [1.807, 2.05) is 0 Å². The summed E-state index contributed by atoms with van der Waals surface area (Å²) in [6.07, 6.45) is -0.516. The maximum atomic E-state index is 13.4. The van der Waals surface area contributed by atoms with Gasteiger partial charge in [-0.3, -0.25) is 9.59 Å². The summed E-state index contributed by atoms with van der Waals surface area (Å²) in [5, 5.41) is 4.67. The number of benzene rings is 2. The molecule has 2 N–H and O–H groups in total. The molecule has 2 amide bonds. The van der Waals surface area contributed by atoms with Crippen LogP contribution in [0.25, 0.3) is 0 Å². The predicted octanol–water partition coefficient (Wildman–Crippen LogP) is 2.75. The van der Waals surface area contributed by atoms with E-state index in [0.717, 1.165) is 12.1 Å². The molecule has 0 aliphatic heterocycles. The quantitative estimate of drug-likeness (QED) is 0.832. The minimum atomic E-state index is -0.926. The van der Waals surface area contributed by atoms with Crippen LogP contribution in [0.1, 0.15) is 12.0 Å². The third-order valence-electron chi connectivity index (χ3n) is 2.93. The van der Waals surface area contributed by atoms with E-state index < -0.39 is 29.9 Å². The molecule has 23 heavy (non-hydrogen) atoms. The van der Waals surface area contributed by atoms with Gasteiger partial charge in [-0.15, -0.1) is 0 Å². The summed E-state index contributed by atoms with van der Waals surface area (Å²) in [7, 11) is 0. The Morgan fingerprint density at radius 2 is 1.52 bits per heavy atom. The van der Waals surface area contributed by atoms with Crippen molar-refractivity contribution in [3.63, 3.8) is 0 Å². The largest absolute Gasteiger partial charge is 0.352 e.